The number of carbonyl (C=O) groups is 1. The fourth-order valence-electron chi connectivity index (χ4n) is 0.950. The molecule has 0 unspecified atom stereocenters. The maximum atomic E-state index is 10.9. The van der Waals surface area contributed by atoms with Gasteiger partial charge >= 0.3 is 5.97 Å². The van der Waals surface area contributed by atoms with Gasteiger partial charge in [0.1, 0.15) is 5.75 Å². The second kappa shape index (κ2) is 4.91. The molecule has 1 aromatic rings. The number of nitrogens with two attached hydrogens (primary N) is 1. The smallest absolute Gasteiger partial charge is 0.384 e. The van der Waals surface area contributed by atoms with E-state index in [1.165, 1.54) is 18.2 Å². The average molecular weight is 205 g/mol. The quantitative estimate of drug-likeness (QED) is 0.405. The Balaban J connectivity index is 2.84. The first kappa shape index (κ1) is 10.9. The largest absolute Gasteiger partial charge is 0.508 e. The zero-order valence-corrected chi connectivity index (χ0v) is 8.28. The normalized spacial score (nSPS) is 8.87. The first-order valence-electron chi connectivity index (χ1n) is 4.40. The lowest BCUT2D eigenvalue weighted by molar-refractivity contribution is -0.136. The summed E-state index contributed by atoms with van der Waals surface area (Å²) < 4.78 is 4.62. The van der Waals surface area contributed by atoms with Gasteiger partial charge < -0.3 is 15.6 Å². The molecule has 0 heterocycles. The second-order valence-corrected chi connectivity index (χ2v) is 2.74. The van der Waals surface area contributed by atoms with Crippen molar-refractivity contribution in [1.29, 1.82) is 0 Å². The number of esters is 1. The van der Waals surface area contributed by atoms with Crippen LogP contribution in [0, 0.1) is 11.8 Å². The molecule has 0 bridgehead atoms. The zero-order valence-electron chi connectivity index (χ0n) is 8.28. The summed E-state index contributed by atoms with van der Waals surface area (Å²) in [7, 11) is 0. The highest BCUT2D eigenvalue weighted by Crippen LogP contribution is 2.17. The lowest BCUT2D eigenvalue weighted by Gasteiger charge is -1.98. The Morgan fingerprint density at radius 3 is 2.93 bits per heavy atom. The Labute approximate surface area is 87.7 Å². The van der Waals surface area contributed by atoms with E-state index in [0.29, 0.717) is 17.9 Å². The van der Waals surface area contributed by atoms with Crippen molar-refractivity contribution in [3.05, 3.63) is 23.8 Å². The summed E-state index contributed by atoms with van der Waals surface area (Å²) in [5, 5.41) is 9.08. The Kier molecular flexibility index (Phi) is 3.58. The average Bonchev–Trinajstić information content (AvgIpc) is 2.17. The maximum Gasteiger partial charge on any atom is 0.384 e. The van der Waals surface area contributed by atoms with Crippen LogP contribution in [0.1, 0.15) is 12.5 Å². The monoisotopic (exact) mass is 205 g/mol. The fourth-order valence-corrected chi connectivity index (χ4v) is 0.950. The van der Waals surface area contributed by atoms with Gasteiger partial charge in [0.05, 0.1) is 12.3 Å². The van der Waals surface area contributed by atoms with Crippen LogP contribution in [-0.4, -0.2) is 17.7 Å². The van der Waals surface area contributed by atoms with Crippen LogP contribution in [0.2, 0.25) is 0 Å². The van der Waals surface area contributed by atoms with Crippen molar-refractivity contribution in [3.63, 3.8) is 0 Å². The highest BCUT2D eigenvalue weighted by Gasteiger charge is 1.98. The van der Waals surface area contributed by atoms with Crippen molar-refractivity contribution in [2.45, 2.75) is 6.92 Å². The molecule has 0 aliphatic rings. The fraction of sp³-hybridized carbons (Fsp3) is 0.182. The number of hydrogen-bond acceptors (Lipinski definition) is 4. The van der Waals surface area contributed by atoms with Crippen LogP contribution in [-0.2, 0) is 9.53 Å². The first-order valence-corrected chi connectivity index (χ1v) is 4.40. The van der Waals surface area contributed by atoms with Crippen LogP contribution in [0.25, 0.3) is 0 Å². The summed E-state index contributed by atoms with van der Waals surface area (Å²) in [6, 6.07) is 4.36. The molecule has 4 nitrogen and oxygen atoms in total. The molecule has 0 aliphatic heterocycles. The topological polar surface area (TPSA) is 72.5 Å². The van der Waals surface area contributed by atoms with E-state index in [0.717, 1.165) is 0 Å². The number of benzene rings is 1. The number of phenolic OH excluding ortho intramolecular Hbond substituents is 1. The second-order valence-electron chi connectivity index (χ2n) is 2.74. The molecule has 0 aliphatic carbocycles. The van der Waals surface area contributed by atoms with Crippen molar-refractivity contribution < 1.29 is 14.6 Å². The van der Waals surface area contributed by atoms with E-state index in [-0.39, 0.29) is 5.75 Å². The first-order chi connectivity index (χ1) is 7.13. The Morgan fingerprint density at radius 2 is 2.33 bits per heavy atom. The minimum Gasteiger partial charge on any atom is -0.508 e. The standard InChI is InChI=1S/C11H11NO3/c1-2-15-11(14)6-4-8-3-5-9(13)7-10(8)12/h3,5,7,13H,2,12H2,1H3. The van der Waals surface area contributed by atoms with Gasteiger partial charge in [-0.25, -0.2) is 4.79 Å². The van der Waals surface area contributed by atoms with Gasteiger partial charge in [0, 0.05) is 17.6 Å². The lowest BCUT2D eigenvalue weighted by Crippen LogP contribution is -2.00. The summed E-state index contributed by atoms with van der Waals surface area (Å²) in [6.07, 6.45) is 0. The van der Waals surface area contributed by atoms with Crippen molar-refractivity contribution in [2.24, 2.45) is 0 Å². The molecule has 3 N–H and O–H groups in total. The van der Waals surface area contributed by atoms with Crippen LogP contribution in [0.4, 0.5) is 5.69 Å². The molecule has 0 fully saturated rings. The van der Waals surface area contributed by atoms with Crippen LogP contribution in [0.3, 0.4) is 0 Å². The van der Waals surface area contributed by atoms with Crippen LogP contribution in [0.15, 0.2) is 18.2 Å². The number of carbonyl (C=O) groups excluding carboxylic acids is 1. The van der Waals surface area contributed by atoms with E-state index >= 15 is 0 Å². The van der Waals surface area contributed by atoms with Crippen LogP contribution < -0.4 is 5.73 Å². The lowest BCUT2D eigenvalue weighted by atomic mass is 10.2. The number of hydrogen-bond donors (Lipinski definition) is 2. The highest BCUT2D eigenvalue weighted by molar-refractivity contribution is 5.89. The summed E-state index contributed by atoms with van der Waals surface area (Å²) >= 11 is 0. The molecule has 78 valence electrons. The van der Waals surface area contributed by atoms with Gasteiger partial charge in [-0.2, -0.15) is 0 Å². The molecule has 0 aromatic heterocycles. The van der Waals surface area contributed by atoms with E-state index in [1.54, 1.807) is 6.92 Å². The Hall–Kier alpha value is -2.15. The number of ether oxygens (including phenoxy) is 1. The zero-order chi connectivity index (χ0) is 11.3. The number of anilines is 1. The molecule has 1 aromatic carbocycles. The molecule has 0 saturated heterocycles. The molecule has 0 spiro atoms. The summed E-state index contributed by atoms with van der Waals surface area (Å²) in [6.45, 7) is 1.99. The van der Waals surface area contributed by atoms with Crippen molar-refractivity contribution in [3.8, 4) is 17.6 Å². The van der Waals surface area contributed by atoms with Gasteiger partial charge in [0.15, 0.2) is 0 Å². The maximum absolute atomic E-state index is 10.9. The molecule has 4 heteroatoms. The molecule has 0 amide bonds. The molecule has 0 atom stereocenters. The van der Waals surface area contributed by atoms with E-state index in [1.807, 2.05) is 0 Å². The predicted octanol–water partition coefficient (Wildman–Crippen LogP) is 0.889. The van der Waals surface area contributed by atoms with Gasteiger partial charge in [0.2, 0.25) is 0 Å². The van der Waals surface area contributed by atoms with E-state index < -0.39 is 5.97 Å². The van der Waals surface area contributed by atoms with Crippen molar-refractivity contribution in [1.82, 2.24) is 0 Å². The minimum atomic E-state index is -0.593. The number of rotatable bonds is 1. The van der Waals surface area contributed by atoms with Gasteiger partial charge in [-0.3, -0.25) is 0 Å². The Bertz CT molecular complexity index is 429. The number of nitrogen functional groups attached to an aromatic ring is 1. The van der Waals surface area contributed by atoms with E-state index in [9.17, 15) is 4.79 Å². The van der Waals surface area contributed by atoms with Gasteiger partial charge in [0.25, 0.3) is 0 Å². The molecule has 0 saturated carbocycles. The number of aromatic hydroxyl groups is 1. The van der Waals surface area contributed by atoms with Crippen molar-refractivity contribution in [2.75, 3.05) is 12.3 Å². The van der Waals surface area contributed by atoms with Crippen molar-refractivity contribution >= 4 is 11.7 Å². The molecule has 1 rings (SSSR count). The molecular weight excluding hydrogens is 194 g/mol. The summed E-state index contributed by atoms with van der Waals surface area (Å²) in [4.78, 5) is 10.9. The predicted molar refractivity (Wildman–Crippen MR) is 56.0 cm³/mol. The van der Waals surface area contributed by atoms with E-state index in [2.05, 4.69) is 16.6 Å². The minimum absolute atomic E-state index is 0.0641. The van der Waals surface area contributed by atoms with Gasteiger partial charge in [-0.1, -0.05) is 5.92 Å². The summed E-state index contributed by atoms with van der Waals surface area (Å²) in [5.41, 5.74) is 6.38. The third kappa shape index (κ3) is 3.24. The van der Waals surface area contributed by atoms with E-state index in [4.69, 9.17) is 10.8 Å². The highest BCUT2D eigenvalue weighted by atomic mass is 16.5. The molecule has 15 heavy (non-hydrogen) atoms. The molecular formula is C11H11NO3. The third-order valence-electron chi connectivity index (χ3n) is 1.61. The number of phenols is 1. The Morgan fingerprint density at radius 1 is 1.60 bits per heavy atom. The van der Waals surface area contributed by atoms with Crippen LogP contribution >= 0.6 is 0 Å². The SMILES string of the molecule is CCOC(=O)C#Cc1ccc(O)cc1N. The van der Waals surface area contributed by atoms with Gasteiger partial charge in [-0.15, -0.1) is 0 Å². The third-order valence-corrected chi connectivity index (χ3v) is 1.61. The molecule has 0 radical (unpaired) electrons. The van der Waals surface area contributed by atoms with Crippen LogP contribution in [0.5, 0.6) is 5.75 Å². The summed E-state index contributed by atoms with van der Waals surface area (Å²) in [5.74, 6) is 4.32. The van der Waals surface area contributed by atoms with Gasteiger partial charge in [-0.05, 0) is 19.1 Å².